The van der Waals surface area contributed by atoms with Gasteiger partial charge in [0.2, 0.25) is 0 Å². The van der Waals surface area contributed by atoms with Crippen LogP contribution in [0.2, 0.25) is 12.6 Å². The molecular formula is C12H28N2O2Si. The standard InChI is InChI=1S/C12H28N2O2Si/c1-12(15)16-10-9-14-8-5-7-13-6-3-4-11-17-2/h13-14H,3-11,17H2,1-2H3. The fraction of sp³-hybridized carbons (Fsp3) is 0.917. The average molecular weight is 260 g/mol. The maximum absolute atomic E-state index is 10.5. The van der Waals surface area contributed by atoms with E-state index in [1.807, 2.05) is 0 Å². The molecule has 17 heavy (non-hydrogen) atoms. The lowest BCUT2D eigenvalue weighted by molar-refractivity contribution is -0.140. The minimum Gasteiger partial charge on any atom is -0.465 e. The molecule has 0 heterocycles. The minimum absolute atomic E-state index is 0.205. The van der Waals surface area contributed by atoms with E-state index < -0.39 is 0 Å². The first kappa shape index (κ1) is 16.6. The molecule has 102 valence electrons. The number of carbonyl (C=O) groups excluding carboxylic acids is 1. The predicted molar refractivity (Wildman–Crippen MR) is 75.4 cm³/mol. The van der Waals surface area contributed by atoms with Crippen molar-refractivity contribution in [3.05, 3.63) is 0 Å². The summed E-state index contributed by atoms with van der Waals surface area (Å²) in [5, 5.41) is 6.68. The normalized spacial score (nSPS) is 11.2. The molecule has 0 fully saturated rings. The molecule has 0 spiro atoms. The maximum atomic E-state index is 10.5. The largest absolute Gasteiger partial charge is 0.465 e. The van der Waals surface area contributed by atoms with Crippen molar-refractivity contribution in [1.29, 1.82) is 0 Å². The molecule has 0 aromatic rings. The zero-order valence-corrected chi connectivity index (χ0v) is 12.8. The Bertz CT molecular complexity index is 180. The van der Waals surface area contributed by atoms with Gasteiger partial charge in [-0.3, -0.25) is 4.79 Å². The quantitative estimate of drug-likeness (QED) is 0.305. The summed E-state index contributed by atoms with van der Waals surface area (Å²) in [5.74, 6) is -0.205. The van der Waals surface area contributed by atoms with Gasteiger partial charge in [-0.05, 0) is 32.5 Å². The Kier molecular flexibility index (Phi) is 13.4. The summed E-state index contributed by atoms with van der Waals surface area (Å²) < 4.78 is 4.81. The van der Waals surface area contributed by atoms with Crippen LogP contribution in [0, 0.1) is 0 Å². The molecule has 0 saturated heterocycles. The van der Waals surface area contributed by atoms with E-state index in [0.717, 1.165) is 32.6 Å². The second-order valence-electron chi connectivity index (χ2n) is 4.25. The van der Waals surface area contributed by atoms with E-state index >= 15 is 0 Å². The molecule has 0 aliphatic carbocycles. The lowest BCUT2D eigenvalue weighted by Crippen LogP contribution is -2.25. The Labute approximate surface area is 108 Å². The molecule has 0 radical (unpaired) electrons. The molecular weight excluding hydrogens is 232 g/mol. The zero-order valence-electron chi connectivity index (χ0n) is 11.4. The van der Waals surface area contributed by atoms with Crippen LogP contribution in [0.25, 0.3) is 0 Å². The minimum atomic E-state index is -0.205. The third kappa shape index (κ3) is 15.6. The summed E-state index contributed by atoms with van der Waals surface area (Å²) in [4.78, 5) is 10.5. The zero-order chi connectivity index (χ0) is 12.8. The van der Waals surface area contributed by atoms with Crippen LogP contribution in [-0.2, 0) is 9.53 Å². The van der Waals surface area contributed by atoms with E-state index in [1.54, 1.807) is 0 Å². The SMILES string of the molecule is C[SiH2]CCCCNCCCNCCOC(C)=O. The molecule has 0 atom stereocenters. The molecule has 0 amide bonds. The van der Waals surface area contributed by atoms with Crippen molar-refractivity contribution >= 4 is 15.5 Å². The van der Waals surface area contributed by atoms with Crippen molar-refractivity contribution < 1.29 is 9.53 Å². The third-order valence-electron chi connectivity index (χ3n) is 2.50. The van der Waals surface area contributed by atoms with Crippen molar-refractivity contribution in [2.75, 3.05) is 32.8 Å². The van der Waals surface area contributed by atoms with Gasteiger partial charge in [0.1, 0.15) is 6.61 Å². The van der Waals surface area contributed by atoms with Crippen LogP contribution < -0.4 is 10.6 Å². The molecule has 0 aliphatic rings. The Morgan fingerprint density at radius 2 is 1.71 bits per heavy atom. The molecule has 2 N–H and O–H groups in total. The molecule has 5 heteroatoms. The van der Waals surface area contributed by atoms with Crippen molar-refractivity contribution in [2.45, 2.75) is 38.8 Å². The fourth-order valence-electron chi connectivity index (χ4n) is 1.53. The van der Waals surface area contributed by atoms with E-state index in [4.69, 9.17) is 4.74 Å². The highest BCUT2D eigenvalue weighted by atomic mass is 28.2. The van der Waals surface area contributed by atoms with Gasteiger partial charge in [-0.15, -0.1) is 0 Å². The first-order valence-corrected chi connectivity index (χ1v) is 9.23. The predicted octanol–water partition coefficient (Wildman–Crippen LogP) is 0.534. The van der Waals surface area contributed by atoms with Crippen LogP contribution >= 0.6 is 0 Å². The van der Waals surface area contributed by atoms with Gasteiger partial charge in [-0.2, -0.15) is 0 Å². The van der Waals surface area contributed by atoms with Crippen LogP contribution in [0.4, 0.5) is 0 Å². The summed E-state index contributed by atoms with van der Waals surface area (Å²) in [5.41, 5.74) is 0. The second-order valence-corrected chi connectivity index (χ2v) is 5.96. The van der Waals surface area contributed by atoms with Gasteiger partial charge in [0.15, 0.2) is 0 Å². The average Bonchev–Trinajstić information content (AvgIpc) is 2.30. The van der Waals surface area contributed by atoms with Crippen molar-refractivity contribution in [3.8, 4) is 0 Å². The second kappa shape index (κ2) is 13.7. The lowest BCUT2D eigenvalue weighted by atomic mass is 10.3. The van der Waals surface area contributed by atoms with Gasteiger partial charge in [0, 0.05) is 23.0 Å². The van der Waals surface area contributed by atoms with Gasteiger partial charge in [0.25, 0.3) is 0 Å². The van der Waals surface area contributed by atoms with Crippen LogP contribution in [0.3, 0.4) is 0 Å². The molecule has 0 saturated carbocycles. The molecule has 0 rings (SSSR count). The van der Waals surface area contributed by atoms with Gasteiger partial charge < -0.3 is 15.4 Å². The van der Waals surface area contributed by atoms with E-state index in [2.05, 4.69) is 17.2 Å². The highest BCUT2D eigenvalue weighted by Gasteiger charge is 1.92. The highest BCUT2D eigenvalue weighted by Crippen LogP contribution is 1.92. The van der Waals surface area contributed by atoms with Gasteiger partial charge in [-0.1, -0.05) is 19.0 Å². The smallest absolute Gasteiger partial charge is 0.302 e. The van der Waals surface area contributed by atoms with Crippen molar-refractivity contribution in [3.63, 3.8) is 0 Å². The summed E-state index contributed by atoms with van der Waals surface area (Å²) in [6, 6.07) is 1.49. The van der Waals surface area contributed by atoms with Crippen molar-refractivity contribution in [1.82, 2.24) is 10.6 Å². The summed E-state index contributed by atoms with van der Waals surface area (Å²) in [7, 11) is 0.278. The summed E-state index contributed by atoms with van der Waals surface area (Å²) in [6.45, 7) is 8.24. The van der Waals surface area contributed by atoms with Gasteiger partial charge in [-0.25, -0.2) is 0 Å². The number of rotatable bonds is 12. The Morgan fingerprint density at radius 1 is 1.06 bits per heavy atom. The summed E-state index contributed by atoms with van der Waals surface area (Å²) in [6.07, 6.45) is 3.85. The van der Waals surface area contributed by atoms with E-state index in [9.17, 15) is 4.79 Å². The Hall–Kier alpha value is -0.393. The number of hydrogen-bond donors (Lipinski definition) is 2. The number of ether oxygens (including phenoxy) is 1. The number of unbranched alkanes of at least 4 members (excludes halogenated alkanes) is 1. The third-order valence-corrected chi connectivity index (χ3v) is 3.71. The summed E-state index contributed by atoms with van der Waals surface area (Å²) >= 11 is 0. The van der Waals surface area contributed by atoms with Crippen molar-refractivity contribution in [2.24, 2.45) is 0 Å². The van der Waals surface area contributed by atoms with Crippen LogP contribution in [0.5, 0.6) is 0 Å². The molecule has 0 bridgehead atoms. The Balaban J connectivity index is 2.91. The van der Waals surface area contributed by atoms with Gasteiger partial charge in [0.05, 0.1) is 0 Å². The molecule has 0 aliphatic heterocycles. The van der Waals surface area contributed by atoms with E-state index in [-0.39, 0.29) is 15.5 Å². The molecule has 0 aromatic heterocycles. The fourth-order valence-corrected chi connectivity index (χ4v) is 2.39. The van der Waals surface area contributed by atoms with Gasteiger partial charge >= 0.3 is 5.97 Å². The number of nitrogens with one attached hydrogen (secondary N) is 2. The Morgan fingerprint density at radius 3 is 2.35 bits per heavy atom. The first-order valence-electron chi connectivity index (χ1n) is 6.82. The molecule has 0 unspecified atom stereocenters. The number of esters is 1. The lowest BCUT2D eigenvalue weighted by Gasteiger charge is -2.06. The monoisotopic (exact) mass is 260 g/mol. The molecule has 4 nitrogen and oxygen atoms in total. The number of carbonyl (C=O) groups is 1. The van der Waals surface area contributed by atoms with E-state index in [0.29, 0.717) is 6.61 Å². The van der Waals surface area contributed by atoms with Crippen LogP contribution in [-0.4, -0.2) is 48.3 Å². The van der Waals surface area contributed by atoms with E-state index in [1.165, 1.54) is 25.8 Å². The first-order chi connectivity index (χ1) is 8.27. The maximum Gasteiger partial charge on any atom is 0.302 e. The molecule has 0 aromatic carbocycles. The topological polar surface area (TPSA) is 50.4 Å². The highest BCUT2D eigenvalue weighted by molar-refractivity contribution is 6.33. The van der Waals surface area contributed by atoms with Crippen LogP contribution in [0.1, 0.15) is 26.2 Å². The van der Waals surface area contributed by atoms with Crippen LogP contribution in [0.15, 0.2) is 0 Å². The number of hydrogen-bond acceptors (Lipinski definition) is 4.